The molecule has 0 nitrogen and oxygen atoms in total. The zero-order valence-electron chi connectivity index (χ0n) is 10.6. The minimum Gasteiger partial charge on any atom is -0.0772 e. The van der Waals surface area contributed by atoms with Gasteiger partial charge in [0.1, 0.15) is 0 Å². The number of benzene rings is 1. The monoisotopic (exact) mass is 222 g/mol. The Labute approximate surface area is 103 Å². The number of rotatable bonds is 2. The standard InChI is InChI=1S/C17H18/c1-12-7-8-13(2)17(12)11-15-10-9-14-5-3-4-6-16(14)15/h3-7,10H,8-9,11H2,1-2H3. The third-order valence-corrected chi connectivity index (χ3v) is 4.00. The maximum atomic E-state index is 2.40. The molecule has 86 valence electrons. The molecule has 0 fully saturated rings. The van der Waals surface area contributed by atoms with Gasteiger partial charge >= 0.3 is 0 Å². The van der Waals surface area contributed by atoms with Gasteiger partial charge in [0.05, 0.1) is 0 Å². The smallest absolute Gasteiger partial charge is 0.00207 e. The Morgan fingerprint density at radius 1 is 1.00 bits per heavy atom. The van der Waals surface area contributed by atoms with E-state index in [4.69, 9.17) is 0 Å². The SMILES string of the molecule is CC1=CCC(C)=C1CC1=CCc2ccccc21. The van der Waals surface area contributed by atoms with Gasteiger partial charge in [0.15, 0.2) is 0 Å². The molecular weight excluding hydrogens is 204 g/mol. The average Bonchev–Trinajstić information content (AvgIpc) is 2.88. The average molecular weight is 222 g/mol. The van der Waals surface area contributed by atoms with Gasteiger partial charge in [-0.25, -0.2) is 0 Å². The third kappa shape index (κ3) is 1.78. The Bertz CT molecular complexity index is 553. The summed E-state index contributed by atoms with van der Waals surface area (Å²) < 4.78 is 0. The van der Waals surface area contributed by atoms with E-state index < -0.39 is 0 Å². The summed E-state index contributed by atoms with van der Waals surface area (Å²) in [5.41, 5.74) is 9.06. The van der Waals surface area contributed by atoms with Gasteiger partial charge in [-0.3, -0.25) is 0 Å². The van der Waals surface area contributed by atoms with Crippen LogP contribution in [0.1, 0.15) is 37.8 Å². The molecule has 0 amide bonds. The predicted octanol–water partition coefficient (Wildman–Crippen LogP) is 4.68. The van der Waals surface area contributed by atoms with Crippen molar-refractivity contribution in [3.8, 4) is 0 Å². The van der Waals surface area contributed by atoms with Crippen LogP contribution in [0.5, 0.6) is 0 Å². The van der Waals surface area contributed by atoms with Gasteiger partial charge < -0.3 is 0 Å². The van der Waals surface area contributed by atoms with Gasteiger partial charge in [0.25, 0.3) is 0 Å². The Kier molecular flexibility index (Phi) is 2.51. The van der Waals surface area contributed by atoms with Crippen molar-refractivity contribution >= 4 is 5.57 Å². The predicted molar refractivity (Wildman–Crippen MR) is 73.8 cm³/mol. The van der Waals surface area contributed by atoms with Crippen molar-refractivity contribution in [2.45, 2.75) is 33.1 Å². The zero-order chi connectivity index (χ0) is 11.8. The lowest BCUT2D eigenvalue weighted by Crippen LogP contribution is -1.89. The van der Waals surface area contributed by atoms with E-state index in [0.717, 1.165) is 19.3 Å². The highest BCUT2D eigenvalue weighted by Crippen LogP contribution is 2.37. The van der Waals surface area contributed by atoms with Gasteiger partial charge in [-0.2, -0.15) is 0 Å². The number of hydrogen-bond acceptors (Lipinski definition) is 0. The summed E-state index contributed by atoms with van der Waals surface area (Å²) in [4.78, 5) is 0. The van der Waals surface area contributed by atoms with Crippen molar-refractivity contribution in [1.82, 2.24) is 0 Å². The number of hydrogen-bond donors (Lipinski definition) is 0. The maximum Gasteiger partial charge on any atom is -0.00207 e. The molecule has 17 heavy (non-hydrogen) atoms. The van der Waals surface area contributed by atoms with E-state index >= 15 is 0 Å². The normalized spacial score (nSPS) is 18.2. The molecule has 1 aromatic carbocycles. The first-order valence-electron chi connectivity index (χ1n) is 6.39. The van der Waals surface area contributed by atoms with Crippen molar-refractivity contribution < 1.29 is 0 Å². The molecule has 0 saturated heterocycles. The van der Waals surface area contributed by atoms with E-state index in [1.807, 2.05) is 0 Å². The lowest BCUT2D eigenvalue weighted by molar-refractivity contribution is 1.16. The van der Waals surface area contributed by atoms with Crippen LogP contribution in [0.3, 0.4) is 0 Å². The maximum absolute atomic E-state index is 2.40. The number of fused-ring (bicyclic) bond motifs is 1. The molecule has 0 radical (unpaired) electrons. The molecule has 0 bridgehead atoms. The Morgan fingerprint density at radius 3 is 2.59 bits per heavy atom. The third-order valence-electron chi connectivity index (χ3n) is 4.00. The quantitative estimate of drug-likeness (QED) is 0.681. The molecule has 0 unspecified atom stereocenters. The first-order chi connectivity index (χ1) is 8.25. The molecule has 0 saturated carbocycles. The fourth-order valence-electron chi connectivity index (χ4n) is 2.89. The van der Waals surface area contributed by atoms with E-state index in [1.165, 1.54) is 22.3 Å². The molecule has 0 spiro atoms. The van der Waals surface area contributed by atoms with Crippen LogP contribution >= 0.6 is 0 Å². The van der Waals surface area contributed by atoms with Crippen molar-refractivity contribution in [2.24, 2.45) is 0 Å². The summed E-state index contributed by atoms with van der Waals surface area (Å²) in [6.45, 7) is 4.51. The first-order valence-corrected chi connectivity index (χ1v) is 6.39. The van der Waals surface area contributed by atoms with Gasteiger partial charge in [0.2, 0.25) is 0 Å². The summed E-state index contributed by atoms with van der Waals surface area (Å²) in [6.07, 6.45) is 8.13. The lowest BCUT2D eigenvalue weighted by Gasteiger charge is -2.10. The zero-order valence-corrected chi connectivity index (χ0v) is 10.6. The molecule has 2 aliphatic rings. The van der Waals surface area contributed by atoms with Crippen molar-refractivity contribution in [2.75, 3.05) is 0 Å². The van der Waals surface area contributed by atoms with E-state index in [2.05, 4.69) is 50.3 Å². The second-order valence-corrected chi connectivity index (χ2v) is 5.12. The number of allylic oxidation sites excluding steroid dienone is 6. The second kappa shape index (κ2) is 4.03. The summed E-state index contributed by atoms with van der Waals surface area (Å²) in [7, 11) is 0. The Morgan fingerprint density at radius 2 is 1.82 bits per heavy atom. The molecule has 1 aromatic rings. The van der Waals surface area contributed by atoms with Gasteiger partial charge in [-0.05, 0) is 55.4 Å². The molecule has 0 aromatic heterocycles. The van der Waals surface area contributed by atoms with E-state index in [-0.39, 0.29) is 0 Å². The molecule has 0 heteroatoms. The minimum absolute atomic E-state index is 1.11. The fourth-order valence-corrected chi connectivity index (χ4v) is 2.89. The van der Waals surface area contributed by atoms with Crippen molar-refractivity contribution in [3.63, 3.8) is 0 Å². The fraction of sp³-hybridized carbons (Fsp3) is 0.294. The first kappa shape index (κ1) is 10.6. The molecule has 3 rings (SSSR count). The van der Waals surface area contributed by atoms with Crippen molar-refractivity contribution in [1.29, 1.82) is 0 Å². The van der Waals surface area contributed by atoms with Crippen LogP contribution in [0, 0.1) is 0 Å². The molecule has 0 aliphatic heterocycles. The summed E-state index contributed by atoms with van der Waals surface area (Å²) in [5.74, 6) is 0. The summed E-state index contributed by atoms with van der Waals surface area (Å²) in [5, 5.41) is 0. The van der Waals surface area contributed by atoms with Crippen LogP contribution in [-0.2, 0) is 6.42 Å². The van der Waals surface area contributed by atoms with E-state index in [1.54, 1.807) is 11.1 Å². The lowest BCUT2D eigenvalue weighted by atomic mass is 9.95. The molecule has 0 N–H and O–H groups in total. The van der Waals surface area contributed by atoms with Crippen LogP contribution in [0.15, 0.2) is 53.1 Å². The van der Waals surface area contributed by atoms with E-state index in [0.29, 0.717) is 0 Å². The highest BCUT2D eigenvalue weighted by atomic mass is 14.2. The minimum atomic E-state index is 1.11. The van der Waals surface area contributed by atoms with Gasteiger partial charge in [-0.1, -0.05) is 47.6 Å². The summed E-state index contributed by atoms with van der Waals surface area (Å²) >= 11 is 0. The van der Waals surface area contributed by atoms with Gasteiger partial charge in [0, 0.05) is 0 Å². The van der Waals surface area contributed by atoms with Crippen LogP contribution in [0.25, 0.3) is 5.57 Å². The molecule has 0 atom stereocenters. The summed E-state index contributed by atoms with van der Waals surface area (Å²) in [6, 6.07) is 8.80. The largest absolute Gasteiger partial charge is 0.0772 e. The molecular formula is C17H18. The topological polar surface area (TPSA) is 0 Å². The van der Waals surface area contributed by atoms with Crippen LogP contribution in [0.4, 0.5) is 0 Å². The van der Waals surface area contributed by atoms with Crippen LogP contribution < -0.4 is 0 Å². The second-order valence-electron chi connectivity index (χ2n) is 5.12. The Balaban J connectivity index is 1.90. The van der Waals surface area contributed by atoms with Crippen LogP contribution in [0.2, 0.25) is 0 Å². The van der Waals surface area contributed by atoms with Gasteiger partial charge in [-0.15, -0.1) is 0 Å². The van der Waals surface area contributed by atoms with E-state index in [9.17, 15) is 0 Å². The molecule has 0 heterocycles. The highest BCUT2D eigenvalue weighted by Gasteiger charge is 2.17. The molecule has 2 aliphatic carbocycles. The Hall–Kier alpha value is -1.56. The van der Waals surface area contributed by atoms with Crippen molar-refractivity contribution in [3.05, 3.63) is 64.3 Å². The highest BCUT2D eigenvalue weighted by molar-refractivity contribution is 5.75. The van der Waals surface area contributed by atoms with Crippen LogP contribution in [-0.4, -0.2) is 0 Å².